The van der Waals surface area contributed by atoms with Gasteiger partial charge in [-0.25, -0.2) is 0 Å². The first kappa shape index (κ1) is 16.5. The highest BCUT2D eigenvalue weighted by molar-refractivity contribution is 5.76. The summed E-state index contributed by atoms with van der Waals surface area (Å²) >= 11 is 0. The van der Waals surface area contributed by atoms with Gasteiger partial charge in [0.2, 0.25) is 5.91 Å². The second-order valence-corrected chi connectivity index (χ2v) is 5.96. The summed E-state index contributed by atoms with van der Waals surface area (Å²) in [5.74, 6) is 0.882. The van der Waals surface area contributed by atoms with Crippen LogP contribution in [0.5, 0.6) is 5.75 Å². The van der Waals surface area contributed by atoms with Gasteiger partial charge in [0.1, 0.15) is 11.4 Å². The Bertz CT molecular complexity index is 450. The molecular formula is C16H26N2O2. The van der Waals surface area contributed by atoms with Gasteiger partial charge in [-0.1, -0.05) is 12.1 Å². The Labute approximate surface area is 121 Å². The lowest BCUT2D eigenvalue weighted by molar-refractivity contribution is -0.121. The van der Waals surface area contributed by atoms with Crippen LogP contribution in [0.25, 0.3) is 0 Å². The zero-order chi connectivity index (χ0) is 15.2. The van der Waals surface area contributed by atoms with Crippen molar-refractivity contribution in [1.82, 2.24) is 10.6 Å². The zero-order valence-corrected chi connectivity index (χ0v) is 13.2. The fourth-order valence-corrected chi connectivity index (χ4v) is 1.75. The highest BCUT2D eigenvalue weighted by atomic mass is 16.5. The SMILES string of the molecule is CNCCC(=O)NCc1ccc(C)cc1OC(C)(C)C. The number of nitrogens with one attached hydrogen (secondary N) is 2. The van der Waals surface area contributed by atoms with Gasteiger partial charge in [0.25, 0.3) is 0 Å². The fourth-order valence-electron chi connectivity index (χ4n) is 1.75. The summed E-state index contributed by atoms with van der Waals surface area (Å²) in [4.78, 5) is 11.6. The molecule has 0 fully saturated rings. The fraction of sp³-hybridized carbons (Fsp3) is 0.562. The molecule has 0 aromatic heterocycles. The number of carbonyl (C=O) groups is 1. The van der Waals surface area contributed by atoms with Gasteiger partial charge in [-0.05, 0) is 46.4 Å². The maximum absolute atomic E-state index is 11.6. The Kier molecular flexibility index (Phi) is 6.02. The van der Waals surface area contributed by atoms with Crippen LogP contribution in [0.3, 0.4) is 0 Å². The van der Waals surface area contributed by atoms with E-state index in [-0.39, 0.29) is 11.5 Å². The summed E-state index contributed by atoms with van der Waals surface area (Å²) in [5.41, 5.74) is 1.90. The molecule has 1 rings (SSSR count). The van der Waals surface area contributed by atoms with Crippen LogP contribution in [-0.2, 0) is 11.3 Å². The number of rotatable bonds is 6. The smallest absolute Gasteiger partial charge is 0.221 e. The molecule has 0 radical (unpaired) electrons. The Morgan fingerprint density at radius 2 is 2.00 bits per heavy atom. The number of hydrogen-bond acceptors (Lipinski definition) is 3. The van der Waals surface area contributed by atoms with Crippen LogP contribution in [0.15, 0.2) is 18.2 Å². The number of hydrogen-bond donors (Lipinski definition) is 2. The van der Waals surface area contributed by atoms with Crippen molar-refractivity contribution in [2.24, 2.45) is 0 Å². The third kappa shape index (κ3) is 6.06. The van der Waals surface area contributed by atoms with Crippen molar-refractivity contribution in [1.29, 1.82) is 0 Å². The highest BCUT2D eigenvalue weighted by Gasteiger charge is 2.15. The van der Waals surface area contributed by atoms with Gasteiger partial charge >= 0.3 is 0 Å². The van der Waals surface area contributed by atoms with Gasteiger partial charge in [0, 0.05) is 25.1 Å². The first-order valence-corrected chi connectivity index (χ1v) is 7.01. The number of aryl methyl sites for hydroxylation is 1. The molecule has 0 unspecified atom stereocenters. The minimum Gasteiger partial charge on any atom is -0.488 e. The molecular weight excluding hydrogens is 252 g/mol. The van der Waals surface area contributed by atoms with E-state index in [0.717, 1.165) is 16.9 Å². The quantitative estimate of drug-likeness (QED) is 0.840. The van der Waals surface area contributed by atoms with Crippen LogP contribution in [-0.4, -0.2) is 25.1 Å². The molecule has 4 heteroatoms. The molecule has 0 aliphatic carbocycles. The summed E-state index contributed by atoms with van der Waals surface area (Å²) < 4.78 is 5.96. The Balaban J connectivity index is 2.71. The standard InChI is InChI=1S/C16H26N2O2/c1-12-6-7-13(11-18-15(19)8-9-17-5)14(10-12)20-16(2,3)4/h6-7,10,17H,8-9,11H2,1-5H3,(H,18,19). The molecule has 0 saturated heterocycles. The van der Waals surface area contributed by atoms with Gasteiger partial charge in [0.15, 0.2) is 0 Å². The summed E-state index contributed by atoms with van der Waals surface area (Å²) in [6, 6.07) is 6.06. The number of amides is 1. The lowest BCUT2D eigenvalue weighted by atomic mass is 10.1. The molecule has 1 aromatic rings. The van der Waals surface area contributed by atoms with Gasteiger partial charge in [-0.15, -0.1) is 0 Å². The molecule has 0 aliphatic rings. The maximum atomic E-state index is 11.6. The van der Waals surface area contributed by atoms with E-state index in [9.17, 15) is 4.79 Å². The topological polar surface area (TPSA) is 50.4 Å². The highest BCUT2D eigenvalue weighted by Crippen LogP contribution is 2.24. The van der Waals surface area contributed by atoms with Crippen LogP contribution >= 0.6 is 0 Å². The maximum Gasteiger partial charge on any atom is 0.221 e. The molecule has 0 spiro atoms. The lowest BCUT2D eigenvalue weighted by Crippen LogP contribution is -2.27. The van der Waals surface area contributed by atoms with E-state index in [1.807, 2.05) is 52.9 Å². The summed E-state index contributed by atoms with van der Waals surface area (Å²) in [7, 11) is 1.84. The van der Waals surface area contributed by atoms with E-state index < -0.39 is 0 Å². The van der Waals surface area contributed by atoms with E-state index in [4.69, 9.17) is 4.74 Å². The Hall–Kier alpha value is -1.55. The van der Waals surface area contributed by atoms with Crippen LogP contribution in [0.2, 0.25) is 0 Å². The average Bonchev–Trinajstić information content (AvgIpc) is 2.33. The first-order chi connectivity index (χ1) is 9.31. The molecule has 0 heterocycles. The average molecular weight is 278 g/mol. The second-order valence-electron chi connectivity index (χ2n) is 5.96. The molecule has 2 N–H and O–H groups in total. The van der Waals surface area contributed by atoms with E-state index in [1.165, 1.54) is 0 Å². The normalized spacial score (nSPS) is 11.2. The van der Waals surface area contributed by atoms with Crippen molar-refractivity contribution in [2.75, 3.05) is 13.6 Å². The predicted octanol–water partition coefficient (Wildman–Crippen LogP) is 2.40. The van der Waals surface area contributed by atoms with Crippen LogP contribution in [0.1, 0.15) is 38.3 Å². The van der Waals surface area contributed by atoms with Gasteiger partial charge < -0.3 is 15.4 Å². The molecule has 0 atom stereocenters. The molecule has 4 nitrogen and oxygen atoms in total. The number of benzene rings is 1. The van der Waals surface area contributed by atoms with Crippen LogP contribution in [0, 0.1) is 6.92 Å². The van der Waals surface area contributed by atoms with E-state index in [0.29, 0.717) is 19.5 Å². The number of ether oxygens (including phenoxy) is 1. The first-order valence-electron chi connectivity index (χ1n) is 7.01. The second kappa shape index (κ2) is 7.29. The minimum atomic E-state index is -0.251. The monoisotopic (exact) mass is 278 g/mol. The molecule has 0 bridgehead atoms. The van der Waals surface area contributed by atoms with Gasteiger partial charge in [0.05, 0.1) is 0 Å². The van der Waals surface area contributed by atoms with Crippen LogP contribution in [0.4, 0.5) is 0 Å². The van der Waals surface area contributed by atoms with E-state index >= 15 is 0 Å². The lowest BCUT2D eigenvalue weighted by Gasteiger charge is -2.23. The summed E-state index contributed by atoms with van der Waals surface area (Å²) in [6.07, 6.45) is 0.484. The third-order valence-corrected chi connectivity index (χ3v) is 2.72. The molecule has 1 amide bonds. The van der Waals surface area contributed by atoms with Gasteiger partial charge in [-0.2, -0.15) is 0 Å². The van der Waals surface area contributed by atoms with Crippen molar-refractivity contribution in [3.63, 3.8) is 0 Å². The minimum absolute atomic E-state index is 0.0432. The van der Waals surface area contributed by atoms with Crippen LogP contribution < -0.4 is 15.4 Å². The van der Waals surface area contributed by atoms with Crippen molar-refractivity contribution < 1.29 is 9.53 Å². The zero-order valence-electron chi connectivity index (χ0n) is 13.2. The Morgan fingerprint density at radius 3 is 2.60 bits per heavy atom. The van der Waals surface area contributed by atoms with E-state index in [1.54, 1.807) is 0 Å². The molecule has 0 aliphatic heterocycles. The Morgan fingerprint density at radius 1 is 1.30 bits per heavy atom. The third-order valence-electron chi connectivity index (χ3n) is 2.72. The van der Waals surface area contributed by atoms with Crippen molar-refractivity contribution in [2.45, 2.75) is 46.3 Å². The van der Waals surface area contributed by atoms with E-state index in [2.05, 4.69) is 10.6 Å². The van der Waals surface area contributed by atoms with Gasteiger partial charge in [-0.3, -0.25) is 4.79 Å². The summed E-state index contributed by atoms with van der Waals surface area (Å²) in [6.45, 7) is 9.27. The molecule has 0 saturated carbocycles. The van der Waals surface area contributed by atoms with Crippen molar-refractivity contribution in [3.05, 3.63) is 29.3 Å². The van der Waals surface area contributed by atoms with Crippen molar-refractivity contribution >= 4 is 5.91 Å². The molecule has 1 aromatic carbocycles. The van der Waals surface area contributed by atoms with Crippen molar-refractivity contribution in [3.8, 4) is 5.75 Å². The molecule has 20 heavy (non-hydrogen) atoms. The molecule has 112 valence electrons. The number of carbonyl (C=O) groups excluding carboxylic acids is 1. The summed E-state index contributed by atoms with van der Waals surface area (Å²) in [5, 5.41) is 5.88. The largest absolute Gasteiger partial charge is 0.488 e. The predicted molar refractivity (Wildman–Crippen MR) is 82.0 cm³/mol.